The Morgan fingerprint density at radius 1 is 1.26 bits per heavy atom. The van der Waals surface area contributed by atoms with E-state index in [0.29, 0.717) is 6.04 Å². The molecule has 0 bridgehead atoms. The Hall–Kier alpha value is -2.30. The van der Waals surface area contributed by atoms with Crippen LogP contribution in [0.5, 0.6) is 5.75 Å². The molecule has 2 aromatic rings. The lowest BCUT2D eigenvalue weighted by atomic mass is 9.92. The van der Waals surface area contributed by atoms with E-state index < -0.39 is 0 Å². The number of methoxy groups -OCH3 is 1. The zero-order valence-corrected chi connectivity index (χ0v) is 13.5. The number of hydrogen-bond acceptors (Lipinski definition) is 3. The van der Waals surface area contributed by atoms with Crippen molar-refractivity contribution in [3.63, 3.8) is 0 Å². The van der Waals surface area contributed by atoms with E-state index in [1.807, 2.05) is 48.5 Å². The van der Waals surface area contributed by atoms with Gasteiger partial charge in [-0.1, -0.05) is 12.1 Å². The molecule has 23 heavy (non-hydrogen) atoms. The third-order valence-electron chi connectivity index (χ3n) is 5.21. The second-order valence-electron chi connectivity index (χ2n) is 6.56. The van der Waals surface area contributed by atoms with E-state index in [2.05, 4.69) is 9.55 Å². The maximum Gasteiger partial charge on any atom is 0.233 e. The molecule has 2 heterocycles. The minimum atomic E-state index is -0.290. The first kappa shape index (κ1) is 14.3. The van der Waals surface area contributed by atoms with E-state index in [-0.39, 0.29) is 11.3 Å². The Morgan fingerprint density at radius 2 is 1.96 bits per heavy atom. The number of likely N-dealkylation sites (tertiary alicyclic amines) is 1. The van der Waals surface area contributed by atoms with Gasteiger partial charge in [-0.25, -0.2) is 4.98 Å². The summed E-state index contributed by atoms with van der Waals surface area (Å²) in [6, 6.07) is 8.31. The number of carbonyl (C=O) groups is 1. The van der Waals surface area contributed by atoms with Crippen LogP contribution in [-0.4, -0.2) is 40.6 Å². The van der Waals surface area contributed by atoms with Crippen LogP contribution in [0.25, 0.3) is 0 Å². The summed E-state index contributed by atoms with van der Waals surface area (Å²) >= 11 is 0. The molecule has 1 aliphatic heterocycles. The SMILES string of the molecule is COc1ccc(C2(C(=O)N3CC(n4ccnc4C)C3)CC2)cc1. The van der Waals surface area contributed by atoms with E-state index in [1.54, 1.807) is 7.11 Å². The Morgan fingerprint density at radius 3 is 2.48 bits per heavy atom. The molecular formula is C18H21N3O2. The minimum absolute atomic E-state index is 0.275. The number of nitrogens with zero attached hydrogens (tertiary/aromatic N) is 3. The van der Waals surface area contributed by atoms with Crippen molar-refractivity contribution in [2.75, 3.05) is 20.2 Å². The number of rotatable bonds is 4. The first-order valence-electron chi connectivity index (χ1n) is 8.07. The monoisotopic (exact) mass is 311 g/mol. The molecule has 1 saturated heterocycles. The molecule has 5 nitrogen and oxygen atoms in total. The van der Waals surface area contributed by atoms with Crippen LogP contribution in [0.2, 0.25) is 0 Å². The second-order valence-corrected chi connectivity index (χ2v) is 6.56. The largest absolute Gasteiger partial charge is 0.497 e. The maximum absolute atomic E-state index is 12.9. The molecular weight excluding hydrogens is 290 g/mol. The summed E-state index contributed by atoms with van der Waals surface area (Å²) < 4.78 is 7.37. The molecule has 120 valence electrons. The highest BCUT2D eigenvalue weighted by Crippen LogP contribution is 2.50. The van der Waals surface area contributed by atoms with E-state index in [0.717, 1.165) is 43.1 Å². The quantitative estimate of drug-likeness (QED) is 0.870. The maximum atomic E-state index is 12.9. The average molecular weight is 311 g/mol. The van der Waals surface area contributed by atoms with Gasteiger partial charge < -0.3 is 14.2 Å². The minimum Gasteiger partial charge on any atom is -0.497 e. The zero-order chi connectivity index (χ0) is 16.0. The predicted molar refractivity (Wildman–Crippen MR) is 86.5 cm³/mol. The topological polar surface area (TPSA) is 47.4 Å². The lowest BCUT2D eigenvalue weighted by Gasteiger charge is -2.42. The van der Waals surface area contributed by atoms with Crippen LogP contribution >= 0.6 is 0 Å². The van der Waals surface area contributed by atoms with Crippen LogP contribution in [0.4, 0.5) is 0 Å². The van der Waals surface area contributed by atoms with Gasteiger partial charge in [0, 0.05) is 25.5 Å². The lowest BCUT2D eigenvalue weighted by molar-refractivity contribution is -0.139. The van der Waals surface area contributed by atoms with Crippen LogP contribution < -0.4 is 4.74 Å². The highest BCUT2D eigenvalue weighted by molar-refractivity contribution is 5.92. The summed E-state index contributed by atoms with van der Waals surface area (Å²) in [5.74, 6) is 2.12. The van der Waals surface area contributed by atoms with Crippen molar-refractivity contribution in [1.82, 2.24) is 14.5 Å². The molecule has 0 unspecified atom stereocenters. The highest BCUT2D eigenvalue weighted by Gasteiger charge is 2.54. The van der Waals surface area contributed by atoms with Crippen LogP contribution in [0.1, 0.15) is 30.3 Å². The number of hydrogen-bond donors (Lipinski definition) is 0. The molecule has 4 rings (SSSR count). The molecule has 5 heteroatoms. The molecule has 0 spiro atoms. The van der Waals surface area contributed by atoms with Gasteiger partial charge in [-0.2, -0.15) is 0 Å². The fraction of sp³-hybridized carbons (Fsp3) is 0.444. The third kappa shape index (κ3) is 2.22. The number of aryl methyl sites for hydroxylation is 1. The van der Waals surface area contributed by atoms with Gasteiger partial charge >= 0.3 is 0 Å². The van der Waals surface area contributed by atoms with Gasteiger partial charge in [0.1, 0.15) is 11.6 Å². The van der Waals surface area contributed by atoms with Gasteiger partial charge in [0.05, 0.1) is 18.6 Å². The smallest absolute Gasteiger partial charge is 0.233 e. The first-order chi connectivity index (χ1) is 11.1. The number of carbonyl (C=O) groups excluding carboxylic acids is 1. The fourth-order valence-corrected chi connectivity index (χ4v) is 3.53. The average Bonchev–Trinajstić information content (AvgIpc) is 3.24. The summed E-state index contributed by atoms with van der Waals surface area (Å²) in [5, 5.41) is 0. The summed E-state index contributed by atoms with van der Waals surface area (Å²) in [7, 11) is 1.66. The van der Waals surface area contributed by atoms with Gasteiger partial charge in [-0.15, -0.1) is 0 Å². The Balaban J connectivity index is 1.46. The molecule has 1 saturated carbocycles. The first-order valence-corrected chi connectivity index (χ1v) is 8.07. The Kier molecular flexibility index (Phi) is 3.18. The molecule has 1 amide bonds. The van der Waals surface area contributed by atoms with Crippen molar-refractivity contribution in [2.24, 2.45) is 0 Å². The molecule has 0 atom stereocenters. The molecule has 0 N–H and O–H groups in total. The summed E-state index contributed by atoms with van der Waals surface area (Å²) in [4.78, 5) is 19.2. The molecule has 2 aliphatic rings. The summed E-state index contributed by atoms with van der Waals surface area (Å²) in [6.07, 6.45) is 5.71. The molecule has 0 radical (unpaired) electrons. The van der Waals surface area contributed by atoms with Crippen molar-refractivity contribution >= 4 is 5.91 Å². The zero-order valence-electron chi connectivity index (χ0n) is 13.5. The van der Waals surface area contributed by atoms with E-state index in [4.69, 9.17) is 4.74 Å². The molecule has 2 fully saturated rings. The predicted octanol–water partition coefficient (Wildman–Crippen LogP) is 2.32. The summed E-state index contributed by atoms with van der Waals surface area (Å²) in [5.41, 5.74) is 0.826. The fourth-order valence-electron chi connectivity index (χ4n) is 3.53. The van der Waals surface area contributed by atoms with Crippen LogP contribution in [-0.2, 0) is 10.2 Å². The van der Waals surface area contributed by atoms with Crippen LogP contribution in [0.15, 0.2) is 36.7 Å². The molecule has 1 aromatic heterocycles. The van der Waals surface area contributed by atoms with Crippen molar-refractivity contribution in [3.05, 3.63) is 48.0 Å². The number of ether oxygens (including phenoxy) is 1. The van der Waals surface area contributed by atoms with Crippen molar-refractivity contribution < 1.29 is 9.53 Å². The van der Waals surface area contributed by atoms with E-state index >= 15 is 0 Å². The van der Waals surface area contributed by atoms with Gasteiger partial charge in [0.15, 0.2) is 0 Å². The molecule has 1 aromatic carbocycles. The van der Waals surface area contributed by atoms with Crippen molar-refractivity contribution in [2.45, 2.75) is 31.2 Å². The van der Waals surface area contributed by atoms with Gasteiger partial charge in [0.25, 0.3) is 0 Å². The van der Waals surface area contributed by atoms with E-state index in [1.165, 1.54) is 0 Å². The van der Waals surface area contributed by atoms with E-state index in [9.17, 15) is 4.79 Å². The number of benzene rings is 1. The summed E-state index contributed by atoms with van der Waals surface area (Å²) in [6.45, 7) is 3.58. The van der Waals surface area contributed by atoms with Gasteiger partial charge in [0.2, 0.25) is 5.91 Å². The highest BCUT2D eigenvalue weighted by atomic mass is 16.5. The van der Waals surface area contributed by atoms with Crippen LogP contribution in [0, 0.1) is 6.92 Å². The number of imidazole rings is 1. The Labute approximate surface area is 135 Å². The second kappa shape index (κ2) is 5.11. The van der Waals surface area contributed by atoms with Gasteiger partial charge in [-0.05, 0) is 37.5 Å². The number of aromatic nitrogens is 2. The Bertz CT molecular complexity index is 725. The normalized spacial score (nSPS) is 19.3. The third-order valence-corrected chi connectivity index (χ3v) is 5.21. The molecule has 1 aliphatic carbocycles. The number of amides is 1. The van der Waals surface area contributed by atoms with Gasteiger partial charge in [-0.3, -0.25) is 4.79 Å². The lowest BCUT2D eigenvalue weighted by Crippen LogP contribution is -2.54. The van der Waals surface area contributed by atoms with Crippen molar-refractivity contribution in [1.29, 1.82) is 0 Å². The van der Waals surface area contributed by atoms with Crippen molar-refractivity contribution in [3.8, 4) is 5.75 Å². The van der Waals surface area contributed by atoms with Crippen LogP contribution in [0.3, 0.4) is 0 Å². The standard InChI is InChI=1S/C18H21N3O2/c1-13-19-9-10-21(13)15-11-20(12-15)17(22)18(7-8-18)14-3-5-16(23-2)6-4-14/h3-6,9-10,15H,7-8,11-12H2,1-2H3.